The topological polar surface area (TPSA) is 248 Å². The molecular formula is C53H71N9O11Si. The number of ether oxygens (including phenoxy) is 10. The van der Waals surface area contributed by atoms with Crippen LogP contribution in [0.15, 0.2) is 112 Å². The summed E-state index contributed by atoms with van der Waals surface area (Å²) in [5.74, 6) is 2.68. The molecule has 21 heteroatoms. The van der Waals surface area contributed by atoms with Crippen molar-refractivity contribution < 1.29 is 51.8 Å². The van der Waals surface area contributed by atoms with E-state index < -0.39 is 69.4 Å². The summed E-state index contributed by atoms with van der Waals surface area (Å²) in [6.07, 6.45) is -7.31. The molecule has 0 spiro atoms. The van der Waals surface area contributed by atoms with Gasteiger partial charge in [-0.15, -0.1) is 0 Å². The SMILES string of the molecule is COc1ccc(CO[C@@H]2[C@@H](OCc3ccc(OC)cc3)[C@H](N=[N+]=[N-])C[C@H](N=[N+]=[N-])[C@H]2O[C@H]2O[C@H](CO[Si](C(C)C)(C(C)C)C(C)C)[C@@H](OCc3ccc(OC)cc3)[C@H](OCc3ccc(OC)cc3)[C@H]2N=[N+]=[N-])cc1. The van der Waals surface area contributed by atoms with Crippen LogP contribution in [-0.4, -0.2) is 104 Å². The molecular weight excluding hydrogens is 967 g/mol. The van der Waals surface area contributed by atoms with Crippen LogP contribution in [0.3, 0.4) is 0 Å². The molecule has 0 amide bonds. The van der Waals surface area contributed by atoms with Crippen LogP contribution in [-0.2, 0) is 59.3 Å². The Morgan fingerprint density at radius 1 is 0.486 bits per heavy atom. The Labute approximate surface area is 434 Å². The zero-order valence-corrected chi connectivity index (χ0v) is 45.0. The maximum absolute atomic E-state index is 10.4. The number of rotatable bonds is 27. The van der Waals surface area contributed by atoms with Gasteiger partial charge in [0.05, 0.1) is 85.8 Å². The van der Waals surface area contributed by atoms with Crippen molar-refractivity contribution in [3.05, 3.63) is 151 Å². The summed E-state index contributed by atoms with van der Waals surface area (Å²) >= 11 is 0. The van der Waals surface area contributed by atoms with E-state index in [1.54, 1.807) is 28.4 Å². The first kappa shape index (κ1) is 57.2. The number of hydrogen-bond donors (Lipinski definition) is 0. The molecule has 0 unspecified atom stereocenters. The Kier molecular flexibility index (Phi) is 21.7. The third kappa shape index (κ3) is 14.4. The molecule has 1 aliphatic heterocycles. The summed E-state index contributed by atoms with van der Waals surface area (Å²) in [4.78, 5) is 9.76. The molecule has 10 atom stereocenters. The van der Waals surface area contributed by atoms with Crippen LogP contribution in [0.1, 0.15) is 70.2 Å². The quantitative estimate of drug-likeness (QED) is 0.0235. The van der Waals surface area contributed by atoms with Crippen LogP contribution >= 0.6 is 0 Å². The molecule has 0 N–H and O–H groups in total. The Morgan fingerprint density at radius 3 is 1.20 bits per heavy atom. The lowest BCUT2D eigenvalue weighted by Crippen LogP contribution is -2.64. The monoisotopic (exact) mass is 1040 g/mol. The minimum absolute atomic E-state index is 0.0101. The van der Waals surface area contributed by atoms with E-state index in [0.29, 0.717) is 23.0 Å². The van der Waals surface area contributed by atoms with Crippen molar-refractivity contribution in [1.82, 2.24) is 0 Å². The second-order valence-electron chi connectivity index (χ2n) is 19.2. The Balaban J connectivity index is 1.47. The Bertz CT molecular complexity index is 2470. The number of hydrogen-bond acceptors (Lipinski definition) is 14. The summed E-state index contributed by atoms with van der Waals surface area (Å²) in [5.41, 5.74) is 34.4. The van der Waals surface area contributed by atoms with Gasteiger partial charge in [-0.1, -0.05) is 105 Å². The fourth-order valence-corrected chi connectivity index (χ4v) is 15.8. The molecule has 1 saturated heterocycles. The normalized spacial score (nSPS) is 23.9. The number of methoxy groups -OCH3 is 4. The minimum atomic E-state index is -2.56. The molecule has 6 rings (SSSR count). The molecule has 1 heterocycles. The first-order valence-corrected chi connectivity index (χ1v) is 27.0. The van der Waals surface area contributed by atoms with Gasteiger partial charge in [0.1, 0.15) is 53.5 Å². The third-order valence-electron chi connectivity index (χ3n) is 14.0. The van der Waals surface area contributed by atoms with Gasteiger partial charge in [-0.2, -0.15) is 0 Å². The van der Waals surface area contributed by atoms with Crippen molar-refractivity contribution in [1.29, 1.82) is 0 Å². The standard InChI is InChI=1S/C53H71N9O11Si/c1-33(2)74(34(3)4,35(5)6)71-32-46-50(68-29-37-13-21-41(64-8)22-14-37)51(69-30-38-15-23-42(65-9)24-16-38)47(59-62-56)53(72-46)73-49-45(58-61-55)27-44(57-60-54)48(67-28-36-11-19-40(63-7)20-12-36)52(49)70-31-39-17-25-43(66-10)26-18-39/h11-26,33-35,44-53H,27-32H2,1-10H3/t44-,45+,46-,47-,48+,49-,50-,51-,52-,53-/m1/s1. The smallest absolute Gasteiger partial charge is 0.200 e. The molecule has 2 fully saturated rings. The van der Waals surface area contributed by atoms with Gasteiger partial charge in [0.2, 0.25) is 0 Å². The van der Waals surface area contributed by atoms with Gasteiger partial charge in [-0.05, 0) is 110 Å². The van der Waals surface area contributed by atoms with Crippen molar-refractivity contribution in [3.63, 3.8) is 0 Å². The maximum atomic E-state index is 10.4. The highest BCUT2D eigenvalue weighted by Gasteiger charge is 2.54. The van der Waals surface area contributed by atoms with Gasteiger partial charge in [0.15, 0.2) is 14.6 Å². The first-order valence-electron chi connectivity index (χ1n) is 24.9. The predicted octanol–water partition coefficient (Wildman–Crippen LogP) is 12.1. The zero-order chi connectivity index (χ0) is 53.2. The van der Waals surface area contributed by atoms with E-state index >= 15 is 0 Å². The Morgan fingerprint density at radius 2 is 0.838 bits per heavy atom. The lowest BCUT2D eigenvalue weighted by atomic mass is 9.83. The zero-order valence-electron chi connectivity index (χ0n) is 44.0. The second kappa shape index (κ2) is 28.0. The highest BCUT2D eigenvalue weighted by molar-refractivity contribution is 6.77. The molecule has 4 aromatic carbocycles. The fourth-order valence-electron chi connectivity index (χ4n) is 10.3. The summed E-state index contributed by atoms with van der Waals surface area (Å²) < 4.78 is 70.5. The van der Waals surface area contributed by atoms with Crippen LogP contribution < -0.4 is 18.9 Å². The van der Waals surface area contributed by atoms with Crippen LogP contribution in [0.4, 0.5) is 0 Å². The van der Waals surface area contributed by atoms with Crippen LogP contribution in [0, 0.1) is 0 Å². The van der Waals surface area contributed by atoms with E-state index in [1.807, 2.05) is 97.1 Å². The van der Waals surface area contributed by atoms with E-state index in [-0.39, 0.29) is 56.1 Å². The van der Waals surface area contributed by atoms with Crippen LogP contribution in [0.5, 0.6) is 23.0 Å². The van der Waals surface area contributed by atoms with Gasteiger partial charge in [0, 0.05) is 14.7 Å². The lowest BCUT2D eigenvalue weighted by Gasteiger charge is -2.50. The van der Waals surface area contributed by atoms with E-state index in [9.17, 15) is 16.6 Å². The van der Waals surface area contributed by atoms with E-state index in [1.165, 1.54) is 0 Å². The Hall–Kier alpha value is -6.05. The third-order valence-corrected chi connectivity index (χ3v) is 20.1. The van der Waals surface area contributed by atoms with Gasteiger partial charge < -0.3 is 51.8 Å². The first-order chi connectivity index (χ1) is 35.8. The maximum Gasteiger partial charge on any atom is 0.200 e. The van der Waals surface area contributed by atoms with Gasteiger partial charge in [0.25, 0.3) is 0 Å². The molecule has 4 aromatic rings. The van der Waals surface area contributed by atoms with Gasteiger partial charge in [-0.3, -0.25) is 0 Å². The molecule has 1 saturated carbocycles. The molecule has 0 aromatic heterocycles. The van der Waals surface area contributed by atoms with E-state index in [0.717, 1.165) is 22.3 Å². The van der Waals surface area contributed by atoms with Gasteiger partial charge >= 0.3 is 0 Å². The molecule has 20 nitrogen and oxygen atoms in total. The summed E-state index contributed by atoms with van der Waals surface area (Å²) in [6.45, 7) is 13.6. The van der Waals surface area contributed by atoms with Crippen molar-refractivity contribution in [2.75, 3.05) is 35.0 Å². The van der Waals surface area contributed by atoms with Crippen molar-refractivity contribution in [2.45, 2.75) is 152 Å². The van der Waals surface area contributed by atoms with Crippen LogP contribution in [0.25, 0.3) is 31.3 Å². The summed E-state index contributed by atoms with van der Waals surface area (Å²) in [7, 11) is 3.82. The fraction of sp³-hybridized carbons (Fsp3) is 0.547. The van der Waals surface area contributed by atoms with E-state index in [4.69, 9.17) is 51.8 Å². The number of nitrogens with zero attached hydrogens (tertiary/aromatic N) is 9. The largest absolute Gasteiger partial charge is 0.497 e. The number of benzene rings is 4. The average molecular weight is 1040 g/mol. The van der Waals surface area contributed by atoms with Crippen LogP contribution in [0.2, 0.25) is 16.6 Å². The molecule has 0 radical (unpaired) electrons. The van der Waals surface area contributed by atoms with E-state index in [2.05, 4.69) is 71.6 Å². The van der Waals surface area contributed by atoms with Crippen molar-refractivity contribution in [3.8, 4) is 23.0 Å². The lowest BCUT2D eigenvalue weighted by molar-refractivity contribution is -0.310. The van der Waals surface area contributed by atoms with Crippen molar-refractivity contribution in [2.24, 2.45) is 15.3 Å². The highest BCUT2D eigenvalue weighted by Crippen LogP contribution is 2.44. The highest BCUT2D eigenvalue weighted by atomic mass is 28.4. The molecule has 0 bridgehead atoms. The molecule has 1 aliphatic carbocycles. The minimum Gasteiger partial charge on any atom is -0.497 e. The second-order valence-corrected chi connectivity index (χ2v) is 24.7. The summed E-state index contributed by atoms with van der Waals surface area (Å²) in [6, 6.07) is 26.6. The average Bonchev–Trinajstić information content (AvgIpc) is 3.41. The predicted molar refractivity (Wildman–Crippen MR) is 280 cm³/mol. The molecule has 398 valence electrons. The summed E-state index contributed by atoms with van der Waals surface area (Å²) in [5, 5.41) is 12.8. The molecule has 74 heavy (non-hydrogen) atoms. The van der Waals surface area contributed by atoms with Gasteiger partial charge in [-0.25, -0.2) is 0 Å². The molecule has 2 aliphatic rings. The van der Waals surface area contributed by atoms with Crippen molar-refractivity contribution >= 4 is 8.32 Å². The number of azide groups is 3.